The fraction of sp³-hybridized carbons (Fsp3) is 0.200. The van der Waals surface area contributed by atoms with Gasteiger partial charge in [0.15, 0.2) is 0 Å². The first-order valence-electron chi connectivity index (χ1n) is 10.9. The maximum absolute atomic E-state index is 15.0. The summed E-state index contributed by atoms with van der Waals surface area (Å²) in [5, 5.41) is 11.4. The zero-order valence-electron chi connectivity index (χ0n) is 17.9. The molecule has 2 heterocycles. The highest BCUT2D eigenvalue weighted by atomic mass is 19.1. The van der Waals surface area contributed by atoms with Crippen LogP contribution in [0.5, 0.6) is 0 Å². The Hall–Kier alpha value is -4.07. The Bertz CT molecular complexity index is 1380. The molecule has 1 amide bonds. The smallest absolute Gasteiger partial charge is 0.254 e. The van der Waals surface area contributed by atoms with Crippen LogP contribution in [-0.4, -0.2) is 27.1 Å². The summed E-state index contributed by atoms with van der Waals surface area (Å²) >= 11 is 0. The van der Waals surface area contributed by atoms with Crippen molar-refractivity contribution in [1.82, 2.24) is 20.3 Å². The molecule has 0 saturated carbocycles. The van der Waals surface area contributed by atoms with Gasteiger partial charge < -0.3 is 21.4 Å². The number of carbonyl (C=O) groups is 1. The van der Waals surface area contributed by atoms with Crippen molar-refractivity contribution in [3.63, 3.8) is 0 Å². The maximum Gasteiger partial charge on any atom is 0.254 e. The number of hydrogen-bond acceptors (Lipinski definition) is 5. The number of imidazole rings is 1. The number of aromatic nitrogens is 3. The van der Waals surface area contributed by atoms with E-state index in [1.165, 1.54) is 18.3 Å². The first-order valence-corrected chi connectivity index (χ1v) is 10.9. The van der Waals surface area contributed by atoms with E-state index >= 15 is 4.39 Å². The van der Waals surface area contributed by atoms with Gasteiger partial charge in [0.1, 0.15) is 11.6 Å². The Labute approximate surface area is 189 Å². The van der Waals surface area contributed by atoms with Crippen LogP contribution in [0.3, 0.4) is 0 Å². The Balaban J connectivity index is 1.55. The van der Waals surface area contributed by atoms with Crippen molar-refractivity contribution >= 4 is 28.7 Å². The minimum atomic E-state index is -0.603. The number of aromatic amines is 1. The van der Waals surface area contributed by atoms with E-state index in [2.05, 4.69) is 15.3 Å². The van der Waals surface area contributed by atoms with Gasteiger partial charge in [0.25, 0.3) is 5.91 Å². The lowest BCUT2D eigenvalue weighted by molar-refractivity contribution is 0.0946. The molecule has 0 saturated heterocycles. The van der Waals surface area contributed by atoms with Gasteiger partial charge >= 0.3 is 0 Å². The van der Waals surface area contributed by atoms with Crippen LogP contribution in [0.25, 0.3) is 22.2 Å². The number of nitrogens with zero attached hydrogens (tertiary/aromatic N) is 2. The number of carbonyl (C=O) groups excluding carboxylic acids is 1. The largest absolute Gasteiger partial charge is 0.398 e. The third-order valence-electron chi connectivity index (χ3n) is 6.15. The van der Waals surface area contributed by atoms with E-state index in [4.69, 9.17) is 16.1 Å². The molecule has 5 rings (SSSR count). The van der Waals surface area contributed by atoms with Crippen molar-refractivity contribution in [3.8, 4) is 11.3 Å². The van der Waals surface area contributed by atoms with Gasteiger partial charge in [0.2, 0.25) is 0 Å². The lowest BCUT2D eigenvalue weighted by Crippen LogP contribution is -2.24. The van der Waals surface area contributed by atoms with Crippen LogP contribution in [-0.2, 0) is 19.4 Å². The van der Waals surface area contributed by atoms with Crippen molar-refractivity contribution < 1.29 is 9.18 Å². The summed E-state index contributed by atoms with van der Waals surface area (Å²) in [6.45, 7) is 0.186. The highest BCUT2D eigenvalue weighted by molar-refractivity contribution is 6.05. The molecule has 0 fully saturated rings. The molecule has 7 nitrogen and oxygen atoms in total. The zero-order valence-corrected chi connectivity index (χ0v) is 17.9. The normalized spacial score (nSPS) is 13.0. The number of benzene rings is 2. The summed E-state index contributed by atoms with van der Waals surface area (Å²) in [4.78, 5) is 24.3. The highest BCUT2D eigenvalue weighted by Gasteiger charge is 2.22. The van der Waals surface area contributed by atoms with Crippen LogP contribution in [0.2, 0.25) is 0 Å². The summed E-state index contributed by atoms with van der Waals surface area (Å²) in [5.74, 6) is -0.513. The van der Waals surface area contributed by atoms with Gasteiger partial charge in [0.05, 0.1) is 23.3 Å². The Morgan fingerprint density at radius 3 is 2.76 bits per heavy atom. The molecule has 0 bridgehead atoms. The lowest BCUT2D eigenvalue weighted by Gasteiger charge is -2.23. The van der Waals surface area contributed by atoms with Crippen LogP contribution >= 0.6 is 0 Å². The first-order chi connectivity index (χ1) is 16.1. The van der Waals surface area contributed by atoms with Crippen LogP contribution < -0.4 is 11.1 Å². The minimum Gasteiger partial charge on any atom is -0.398 e. The average Bonchev–Trinajstić information content (AvgIpc) is 3.36. The molecular weight excluding hydrogens is 419 g/mol. The average molecular weight is 442 g/mol. The van der Waals surface area contributed by atoms with Crippen molar-refractivity contribution in [1.29, 1.82) is 5.41 Å². The number of pyridine rings is 1. The molecule has 2 aromatic carbocycles. The number of hydrogen-bond donors (Lipinski definition) is 4. The third-order valence-corrected chi connectivity index (χ3v) is 6.15. The Kier molecular flexibility index (Phi) is 5.34. The number of rotatable bonds is 5. The third kappa shape index (κ3) is 3.73. The monoisotopic (exact) mass is 442 g/mol. The fourth-order valence-electron chi connectivity index (χ4n) is 4.56. The topological polar surface area (TPSA) is 121 Å². The van der Waals surface area contributed by atoms with E-state index < -0.39 is 11.7 Å². The predicted octanol–water partition coefficient (Wildman–Crippen LogP) is 4.15. The number of nitrogens with one attached hydrogen (secondary N) is 3. The van der Waals surface area contributed by atoms with Gasteiger partial charge in [-0.25, -0.2) is 14.4 Å². The second kappa shape index (κ2) is 8.46. The van der Waals surface area contributed by atoms with E-state index in [0.717, 1.165) is 53.4 Å². The van der Waals surface area contributed by atoms with E-state index in [-0.39, 0.29) is 12.1 Å². The zero-order chi connectivity index (χ0) is 22.9. The summed E-state index contributed by atoms with van der Waals surface area (Å²) in [6, 6.07) is 8.21. The molecule has 5 N–H and O–H groups in total. The molecule has 33 heavy (non-hydrogen) atoms. The first kappa shape index (κ1) is 20.8. The Morgan fingerprint density at radius 2 is 2.03 bits per heavy atom. The van der Waals surface area contributed by atoms with E-state index in [9.17, 15) is 4.79 Å². The van der Waals surface area contributed by atoms with Crippen molar-refractivity contribution in [2.75, 3.05) is 5.73 Å². The number of anilines is 1. The van der Waals surface area contributed by atoms with Crippen molar-refractivity contribution in [2.24, 2.45) is 0 Å². The molecular formula is C25H23FN6O. The van der Waals surface area contributed by atoms with Crippen LogP contribution in [0.15, 0.2) is 42.7 Å². The standard InChI is InChI=1S/C25H23FN6O/c26-19-11-14(5-6-17(19)25(33)31-13-22-29-9-10-30-22)24-16-4-2-1-3-15(16)23-18(12-27)20(28)7-8-21(23)32-24/h5-12,27H,1-4,13,28H2,(H,29,30)(H,31,33). The number of H-pyrrole nitrogens is 1. The van der Waals surface area contributed by atoms with E-state index in [1.54, 1.807) is 24.5 Å². The Morgan fingerprint density at radius 1 is 1.21 bits per heavy atom. The maximum atomic E-state index is 15.0. The molecule has 2 aromatic heterocycles. The molecule has 4 aromatic rings. The molecule has 8 heteroatoms. The molecule has 0 radical (unpaired) electrons. The number of nitrogen functional groups attached to an aromatic ring is 1. The highest BCUT2D eigenvalue weighted by Crippen LogP contribution is 2.37. The van der Waals surface area contributed by atoms with Crippen LogP contribution in [0.1, 0.15) is 45.7 Å². The van der Waals surface area contributed by atoms with Crippen molar-refractivity contribution in [3.05, 3.63) is 76.6 Å². The fourth-order valence-corrected chi connectivity index (χ4v) is 4.56. The van der Waals surface area contributed by atoms with Crippen LogP contribution in [0, 0.1) is 11.2 Å². The molecule has 0 aliphatic heterocycles. The van der Waals surface area contributed by atoms with Crippen LogP contribution in [0.4, 0.5) is 10.1 Å². The summed E-state index contributed by atoms with van der Waals surface area (Å²) in [5.41, 5.74) is 11.6. The molecule has 166 valence electrons. The van der Waals surface area contributed by atoms with E-state index in [1.807, 2.05) is 6.07 Å². The summed E-state index contributed by atoms with van der Waals surface area (Å²) in [6.07, 6.45) is 8.28. The van der Waals surface area contributed by atoms with Gasteiger partial charge in [-0.05, 0) is 61.1 Å². The summed E-state index contributed by atoms with van der Waals surface area (Å²) < 4.78 is 15.0. The van der Waals surface area contributed by atoms with Gasteiger partial charge in [-0.1, -0.05) is 6.07 Å². The number of fused-ring (bicyclic) bond motifs is 3. The van der Waals surface area contributed by atoms with E-state index in [0.29, 0.717) is 22.6 Å². The quantitative estimate of drug-likeness (QED) is 0.274. The number of aryl methyl sites for hydroxylation is 1. The molecule has 1 aliphatic rings. The molecule has 0 unspecified atom stereocenters. The lowest BCUT2D eigenvalue weighted by atomic mass is 9.84. The second-order valence-corrected chi connectivity index (χ2v) is 8.14. The second-order valence-electron chi connectivity index (χ2n) is 8.14. The van der Waals surface area contributed by atoms with Crippen molar-refractivity contribution in [2.45, 2.75) is 32.2 Å². The number of amides is 1. The number of halogens is 1. The number of nitrogens with two attached hydrogens (primary N) is 1. The SMILES string of the molecule is N=Cc1c(N)ccc2nc(-c3ccc(C(=O)NCc4ncc[nH]4)c(F)c3)c3c(c12)CCCC3. The summed E-state index contributed by atoms with van der Waals surface area (Å²) in [7, 11) is 0. The molecule has 0 atom stereocenters. The predicted molar refractivity (Wildman–Crippen MR) is 126 cm³/mol. The minimum absolute atomic E-state index is 0.0289. The van der Waals surface area contributed by atoms with Gasteiger partial charge in [-0.2, -0.15) is 0 Å². The van der Waals surface area contributed by atoms with Gasteiger partial charge in [0, 0.05) is 40.8 Å². The molecule has 0 spiro atoms. The van der Waals surface area contributed by atoms with Gasteiger partial charge in [-0.3, -0.25) is 4.79 Å². The molecule has 1 aliphatic carbocycles. The van der Waals surface area contributed by atoms with Gasteiger partial charge in [-0.15, -0.1) is 0 Å².